The molecule has 1 amide bonds. The van der Waals surface area contributed by atoms with Gasteiger partial charge in [0.25, 0.3) is 0 Å². The van der Waals surface area contributed by atoms with E-state index in [-0.39, 0.29) is 17.3 Å². The maximum atomic E-state index is 13.0. The molecule has 0 aliphatic rings. The molecule has 2 N–H and O–H groups in total. The third-order valence-corrected chi connectivity index (χ3v) is 6.26. The monoisotopic (exact) mass is 521 g/mol. The maximum Gasteiger partial charge on any atom is 0.410 e. The molecule has 8 nitrogen and oxygen atoms in total. The number of aryl methyl sites for hydroxylation is 1. The van der Waals surface area contributed by atoms with Crippen LogP contribution in [-0.2, 0) is 11.2 Å². The highest BCUT2D eigenvalue weighted by molar-refractivity contribution is 6.12. The fourth-order valence-corrected chi connectivity index (χ4v) is 3.96. The molecule has 0 saturated carbocycles. The molecule has 0 aliphatic carbocycles. The number of Topliss-reactive ketones (excluding diaryl/α,β-unsaturated/α-hetero) is 1. The van der Waals surface area contributed by atoms with Gasteiger partial charge in [0.05, 0.1) is 7.11 Å². The second-order valence-corrected chi connectivity index (χ2v) is 9.82. The number of carbonyl (C=O) groups is 2. The van der Waals surface area contributed by atoms with Gasteiger partial charge in [0, 0.05) is 29.1 Å². The lowest BCUT2D eigenvalue weighted by molar-refractivity contribution is 0.102. The van der Waals surface area contributed by atoms with Crippen molar-refractivity contribution in [1.29, 1.82) is 0 Å². The van der Waals surface area contributed by atoms with Crippen molar-refractivity contribution < 1.29 is 28.3 Å². The SMILES string of the molecule is COC(=O)N/C=C/CCC(C)c1cc(O)c(C(=O)/C(C)=C/c2cc3ccc(CCC(C)C)cc3o2)c(=O)o1. The standard InChI is InChI=1S/C30H35NO7/c1-18(2)9-10-21-11-12-22-16-23(37-26(22)15-21)14-20(4)28(33)27-24(32)17-25(38-29(27)34)19(3)8-6-7-13-31-30(35)36-5/h7,11-19,32H,6,8-10H2,1-5H3,(H,31,35)/b13-7+,20-14+. The number of carbonyl (C=O) groups excluding carboxylic acids is 2. The van der Waals surface area contributed by atoms with E-state index in [2.05, 4.69) is 30.0 Å². The van der Waals surface area contributed by atoms with Crippen molar-refractivity contribution in [2.45, 2.75) is 59.3 Å². The Morgan fingerprint density at radius 3 is 2.55 bits per heavy atom. The summed E-state index contributed by atoms with van der Waals surface area (Å²) >= 11 is 0. The molecule has 202 valence electrons. The number of benzene rings is 1. The van der Waals surface area contributed by atoms with Gasteiger partial charge in [-0.1, -0.05) is 39.0 Å². The van der Waals surface area contributed by atoms with Crippen LogP contribution < -0.4 is 10.9 Å². The van der Waals surface area contributed by atoms with Crippen LogP contribution >= 0.6 is 0 Å². The molecule has 8 heteroatoms. The predicted octanol–water partition coefficient (Wildman–Crippen LogP) is 6.72. The second-order valence-electron chi connectivity index (χ2n) is 9.82. The third kappa shape index (κ3) is 7.47. The maximum absolute atomic E-state index is 13.0. The molecule has 38 heavy (non-hydrogen) atoms. The molecular weight excluding hydrogens is 486 g/mol. The van der Waals surface area contributed by atoms with Crippen LogP contribution in [-0.4, -0.2) is 24.1 Å². The number of furan rings is 1. The number of nitrogens with one attached hydrogen (secondary N) is 1. The molecular formula is C30H35NO7. The van der Waals surface area contributed by atoms with Crippen molar-refractivity contribution in [2.24, 2.45) is 5.92 Å². The van der Waals surface area contributed by atoms with E-state index in [1.807, 2.05) is 25.1 Å². The lowest BCUT2D eigenvalue weighted by atomic mass is 9.99. The zero-order valence-electron chi connectivity index (χ0n) is 22.5. The zero-order chi connectivity index (χ0) is 27.8. The van der Waals surface area contributed by atoms with Crippen LogP contribution in [0.3, 0.4) is 0 Å². The molecule has 0 spiro atoms. The first-order valence-electron chi connectivity index (χ1n) is 12.7. The lowest BCUT2D eigenvalue weighted by Crippen LogP contribution is -2.16. The highest BCUT2D eigenvalue weighted by Crippen LogP contribution is 2.27. The molecule has 0 radical (unpaired) electrons. The number of ketones is 1. The topological polar surface area (TPSA) is 119 Å². The Balaban J connectivity index is 1.72. The van der Waals surface area contributed by atoms with Crippen molar-refractivity contribution in [3.8, 4) is 5.75 Å². The van der Waals surface area contributed by atoms with Crippen molar-refractivity contribution in [2.75, 3.05) is 7.11 Å². The molecule has 3 rings (SSSR count). The second kappa shape index (κ2) is 12.9. The van der Waals surface area contributed by atoms with Gasteiger partial charge < -0.3 is 18.7 Å². The van der Waals surface area contributed by atoms with Gasteiger partial charge in [0.15, 0.2) is 5.78 Å². The molecule has 1 unspecified atom stereocenters. The molecule has 0 aliphatic heterocycles. The van der Waals surface area contributed by atoms with Crippen LogP contribution in [0.2, 0.25) is 0 Å². The van der Waals surface area contributed by atoms with E-state index in [1.54, 1.807) is 19.1 Å². The van der Waals surface area contributed by atoms with Gasteiger partial charge in [-0.05, 0) is 62.3 Å². The number of ether oxygens (including phenoxy) is 1. The molecule has 1 aromatic carbocycles. The Morgan fingerprint density at radius 1 is 1.11 bits per heavy atom. The molecule has 0 bridgehead atoms. The largest absolute Gasteiger partial charge is 0.507 e. The van der Waals surface area contributed by atoms with Gasteiger partial charge in [-0.3, -0.25) is 10.1 Å². The van der Waals surface area contributed by atoms with Crippen LogP contribution in [0.4, 0.5) is 4.79 Å². The summed E-state index contributed by atoms with van der Waals surface area (Å²) in [6, 6.07) is 9.23. The molecule has 2 aromatic heterocycles. The number of hydrogen-bond donors (Lipinski definition) is 2. The highest BCUT2D eigenvalue weighted by Gasteiger charge is 2.22. The van der Waals surface area contributed by atoms with Gasteiger partial charge >= 0.3 is 11.7 Å². The van der Waals surface area contributed by atoms with Crippen molar-refractivity contribution in [3.63, 3.8) is 0 Å². The minimum atomic E-state index is -0.896. The summed E-state index contributed by atoms with van der Waals surface area (Å²) in [5.41, 5.74) is 0.843. The van der Waals surface area contributed by atoms with Crippen molar-refractivity contribution in [3.05, 3.63) is 81.2 Å². The Morgan fingerprint density at radius 2 is 1.87 bits per heavy atom. The van der Waals surface area contributed by atoms with Gasteiger partial charge in [-0.2, -0.15) is 0 Å². The molecule has 0 saturated heterocycles. The first kappa shape index (κ1) is 28.5. The minimum Gasteiger partial charge on any atom is -0.507 e. The van der Waals surface area contributed by atoms with E-state index in [1.165, 1.54) is 24.9 Å². The summed E-state index contributed by atoms with van der Waals surface area (Å²) in [5.74, 6) is 0.0905. The quantitative estimate of drug-likeness (QED) is 0.212. The molecule has 1 atom stereocenters. The average molecular weight is 522 g/mol. The predicted molar refractivity (Wildman–Crippen MR) is 146 cm³/mol. The van der Waals surface area contributed by atoms with Crippen LogP contribution in [0.25, 0.3) is 17.0 Å². The first-order chi connectivity index (χ1) is 18.1. The van der Waals surface area contributed by atoms with E-state index in [4.69, 9.17) is 8.83 Å². The Bertz CT molecular complexity index is 1410. The Kier molecular flexibility index (Phi) is 9.71. The molecule has 2 heterocycles. The highest BCUT2D eigenvalue weighted by atomic mass is 16.5. The van der Waals surface area contributed by atoms with E-state index in [0.29, 0.717) is 24.5 Å². The number of hydrogen-bond acceptors (Lipinski definition) is 7. The fourth-order valence-electron chi connectivity index (χ4n) is 3.96. The zero-order valence-corrected chi connectivity index (χ0v) is 22.5. The first-order valence-corrected chi connectivity index (χ1v) is 12.7. The van der Waals surface area contributed by atoms with Crippen molar-refractivity contribution >= 4 is 28.9 Å². The molecule has 3 aromatic rings. The summed E-state index contributed by atoms with van der Waals surface area (Å²) in [5, 5.41) is 13.9. The number of methoxy groups -OCH3 is 1. The normalized spacial score (nSPS) is 12.8. The summed E-state index contributed by atoms with van der Waals surface area (Å²) in [6.07, 6.45) is 7.40. The third-order valence-electron chi connectivity index (χ3n) is 6.26. The van der Waals surface area contributed by atoms with Crippen LogP contribution in [0.5, 0.6) is 5.75 Å². The summed E-state index contributed by atoms with van der Waals surface area (Å²) in [4.78, 5) is 36.7. The van der Waals surface area contributed by atoms with E-state index in [0.717, 1.165) is 23.8 Å². The number of allylic oxidation sites excluding steroid dienone is 2. The van der Waals surface area contributed by atoms with Gasteiger partial charge in [0.1, 0.15) is 28.4 Å². The fraction of sp³-hybridized carbons (Fsp3) is 0.367. The Hall–Kier alpha value is -4.07. The van der Waals surface area contributed by atoms with Crippen LogP contribution in [0.15, 0.2) is 61.8 Å². The van der Waals surface area contributed by atoms with Crippen LogP contribution in [0.1, 0.15) is 80.3 Å². The number of rotatable bonds is 11. The average Bonchev–Trinajstić information content (AvgIpc) is 3.27. The number of amides is 1. The van der Waals surface area contributed by atoms with E-state index < -0.39 is 28.8 Å². The summed E-state index contributed by atoms with van der Waals surface area (Å²) < 4.78 is 15.8. The number of fused-ring (bicyclic) bond motifs is 1. The van der Waals surface area contributed by atoms with Gasteiger partial charge in [-0.15, -0.1) is 0 Å². The van der Waals surface area contributed by atoms with Gasteiger partial charge in [-0.25, -0.2) is 9.59 Å². The lowest BCUT2D eigenvalue weighted by Gasteiger charge is -2.11. The Labute approximate surface area is 222 Å². The van der Waals surface area contributed by atoms with Gasteiger partial charge in [0.2, 0.25) is 0 Å². The van der Waals surface area contributed by atoms with Crippen LogP contribution in [0, 0.1) is 5.92 Å². The molecule has 0 fully saturated rings. The summed E-state index contributed by atoms with van der Waals surface area (Å²) in [7, 11) is 1.27. The number of aromatic hydroxyl groups is 1. The summed E-state index contributed by atoms with van der Waals surface area (Å²) in [6.45, 7) is 7.78. The van der Waals surface area contributed by atoms with E-state index in [9.17, 15) is 19.5 Å². The van der Waals surface area contributed by atoms with E-state index >= 15 is 0 Å². The minimum absolute atomic E-state index is 0.210. The van der Waals surface area contributed by atoms with Crippen molar-refractivity contribution in [1.82, 2.24) is 5.32 Å². The smallest absolute Gasteiger partial charge is 0.410 e. The number of alkyl carbamates (subject to hydrolysis) is 1.